The van der Waals surface area contributed by atoms with Crippen molar-refractivity contribution in [1.82, 2.24) is 15.2 Å². The molecule has 4 heteroatoms. The van der Waals surface area contributed by atoms with Gasteiger partial charge < -0.3 is 15.0 Å². The highest BCUT2D eigenvalue weighted by Crippen LogP contribution is 2.08. The molecule has 1 N–H and O–H groups in total. The topological polar surface area (TPSA) is 37.4 Å². The fraction of sp³-hybridized carbons (Fsp3) is 0.688. The first kappa shape index (κ1) is 15.4. The molecule has 0 radical (unpaired) electrons. The van der Waals surface area contributed by atoms with Crippen molar-refractivity contribution < 1.29 is 4.74 Å². The summed E-state index contributed by atoms with van der Waals surface area (Å²) in [7, 11) is 0. The number of rotatable bonds is 8. The van der Waals surface area contributed by atoms with Crippen LogP contribution in [0.3, 0.4) is 0 Å². The summed E-state index contributed by atoms with van der Waals surface area (Å²) in [4.78, 5) is 6.93. The van der Waals surface area contributed by atoms with Crippen molar-refractivity contribution >= 4 is 0 Å². The number of hydrogen-bond acceptors (Lipinski definition) is 4. The van der Waals surface area contributed by atoms with Gasteiger partial charge in [0.15, 0.2) is 0 Å². The highest BCUT2D eigenvalue weighted by molar-refractivity contribution is 5.13. The molecule has 1 aliphatic heterocycles. The normalized spacial score (nSPS) is 16.4. The van der Waals surface area contributed by atoms with E-state index in [1.807, 2.05) is 6.20 Å². The van der Waals surface area contributed by atoms with Gasteiger partial charge >= 0.3 is 0 Å². The molecule has 0 amide bonds. The molecule has 0 aliphatic carbocycles. The molecule has 20 heavy (non-hydrogen) atoms. The molecule has 2 heterocycles. The molecular weight excluding hydrogens is 250 g/mol. The lowest BCUT2D eigenvalue weighted by Crippen LogP contribution is -2.32. The summed E-state index contributed by atoms with van der Waals surface area (Å²) in [5.41, 5.74) is 2.24. The number of nitrogens with zero attached hydrogens (tertiary/aromatic N) is 2. The van der Waals surface area contributed by atoms with Gasteiger partial charge in [0.05, 0.1) is 18.9 Å². The van der Waals surface area contributed by atoms with Crippen LogP contribution < -0.4 is 5.32 Å². The van der Waals surface area contributed by atoms with E-state index in [0.29, 0.717) is 6.61 Å². The molecular formula is C16H27N3O. The van der Waals surface area contributed by atoms with Crippen molar-refractivity contribution in [1.29, 1.82) is 0 Å². The number of nitrogens with one attached hydrogen (secondary N) is 1. The predicted octanol–water partition coefficient (Wildman–Crippen LogP) is 2.19. The Balaban J connectivity index is 1.61. The Bertz CT molecular complexity index is 360. The van der Waals surface area contributed by atoms with Crippen LogP contribution in [-0.4, -0.2) is 42.7 Å². The van der Waals surface area contributed by atoms with Gasteiger partial charge in [0.2, 0.25) is 0 Å². The van der Waals surface area contributed by atoms with Crippen LogP contribution in [0.15, 0.2) is 18.3 Å². The maximum atomic E-state index is 5.72. The molecule has 1 fully saturated rings. The third-order valence-corrected chi connectivity index (χ3v) is 3.72. The minimum absolute atomic E-state index is 0.620. The first-order valence-corrected chi connectivity index (χ1v) is 7.83. The van der Waals surface area contributed by atoms with E-state index >= 15 is 0 Å². The van der Waals surface area contributed by atoms with E-state index in [0.717, 1.165) is 31.9 Å². The Morgan fingerprint density at radius 3 is 2.80 bits per heavy atom. The molecule has 2 rings (SSSR count). The van der Waals surface area contributed by atoms with E-state index in [2.05, 4.69) is 34.3 Å². The van der Waals surface area contributed by atoms with Crippen LogP contribution in [-0.2, 0) is 17.9 Å². The smallest absolute Gasteiger partial charge is 0.0888 e. The summed E-state index contributed by atoms with van der Waals surface area (Å²) < 4.78 is 5.72. The second-order valence-electron chi connectivity index (χ2n) is 5.39. The summed E-state index contributed by atoms with van der Waals surface area (Å²) in [6, 6.07) is 4.19. The van der Waals surface area contributed by atoms with Crippen LogP contribution >= 0.6 is 0 Å². The summed E-state index contributed by atoms with van der Waals surface area (Å²) in [6.07, 6.45) is 6.01. The van der Waals surface area contributed by atoms with Crippen LogP contribution in [0.2, 0.25) is 0 Å². The maximum Gasteiger partial charge on any atom is 0.0888 e. The van der Waals surface area contributed by atoms with Crippen LogP contribution in [0.1, 0.15) is 37.4 Å². The summed E-state index contributed by atoms with van der Waals surface area (Å²) >= 11 is 0. The van der Waals surface area contributed by atoms with Crippen LogP contribution in [0.5, 0.6) is 0 Å². The molecule has 0 saturated carbocycles. The standard InChI is InChI=1S/C16H27N3O/c1-2-17-12-15-6-7-16(18-13-15)14-20-11-10-19-8-4-3-5-9-19/h6-7,13,17H,2-5,8-12,14H2,1H3. The van der Waals surface area contributed by atoms with Crippen LogP contribution in [0.25, 0.3) is 0 Å². The molecule has 1 aliphatic rings. The van der Waals surface area contributed by atoms with Crippen molar-refractivity contribution in [2.24, 2.45) is 0 Å². The van der Waals surface area contributed by atoms with E-state index in [1.54, 1.807) is 0 Å². The average molecular weight is 277 g/mol. The Hall–Kier alpha value is -0.970. The molecule has 1 saturated heterocycles. The summed E-state index contributed by atoms with van der Waals surface area (Å²) in [5, 5.41) is 3.30. The SMILES string of the molecule is CCNCc1ccc(COCCN2CCCCC2)nc1. The molecule has 0 atom stereocenters. The first-order valence-electron chi connectivity index (χ1n) is 7.83. The summed E-state index contributed by atoms with van der Waals surface area (Å²) in [5.74, 6) is 0. The van der Waals surface area contributed by atoms with Crippen LogP contribution in [0.4, 0.5) is 0 Å². The number of piperidine rings is 1. The molecule has 0 bridgehead atoms. The molecule has 112 valence electrons. The van der Waals surface area contributed by atoms with E-state index in [1.165, 1.54) is 37.9 Å². The lowest BCUT2D eigenvalue weighted by Gasteiger charge is -2.26. The van der Waals surface area contributed by atoms with Gasteiger partial charge in [-0.15, -0.1) is 0 Å². The first-order chi connectivity index (χ1) is 9.88. The zero-order valence-electron chi connectivity index (χ0n) is 12.6. The third kappa shape index (κ3) is 5.57. The predicted molar refractivity (Wildman–Crippen MR) is 81.6 cm³/mol. The number of likely N-dealkylation sites (tertiary alicyclic amines) is 1. The highest BCUT2D eigenvalue weighted by Gasteiger charge is 2.09. The molecule has 0 spiro atoms. The van der Waals surface area contributed by atoms with Crippen molar-refractivity contribution in [3.8, 4) is 0 Å². The second-order valence-corrected chi connectivity index (χ2v) is 5.39. The van der Waals surface area contributed by atoms with Crippen molar-refractivity contribution in [2.45, 2.75) is 39.3 Å². The highest BCUT2D eigenvalue weighted by atomic mass is 16.5. The van der Waals surface area contributed by atoms with Gasteiger partial charge in [0.25, 0.3) is 0 Å². The number of aromatic nitrogens is 1. The third-order valence-electron chi connectivity index (χ3n) is 3.72. The number of ether oxygens (including phenoxy) is 1. The minimum atomic E-state index is 0.620. The average Bonchev–Trinajstić information content (AvgIpc) is 2.52. The van der Waals surface area contributed by atoms with Gasteiger partial charge in [0.1, 0.15) is 0 Å². The maximum absolute atomic E-state index is 5.72. The number of pyridine rings is 1. The van der Waals surface area contributed by atoms with Crippen molar-refractivity contribution in [3.05, 3.63) is 29.6 Å². The zero-order chi connectivity index (χ0) is 14.0. The zero-order valence-corrected chi connectivity index (χ0v) is 12.6. The van der Waals surface area contributed by atoms with Gasteiger partial charge in [-0.2, -0.15) is 0 Å². The van der Waals surface area contributed by atoms with Gasteiger partial charge in [-0.1, -0.05) is 19.4 Å². The molecule has 4 nitrogen and oxygen atoms in total. The van der Waals surface area contributed by atoms with Crippen LogP contribution in [0, 0.1) is 0 Å². The fourth-order valence-corrected chi connectivity index (χ4v) is 2.47. The quantitative estimate of drug-likeness (QED) is 0.739. The van der Waals surface area contributed by atoms with E-state index < -0.39 is 0 Å². The minimum Gasteiger partial charge on any atom is -0.374 e. The van der Waals surface area contributed by atoms with E-state index in [9.17, 15) is 0 Å². The molecule has 1 aromatic heterocycles. The fourth-order valence-electron chi connectivity index (χ4n) is 2.47. The van der Waals surface area contributed by atoms with Crippen molar-refractivity contribution in [2.75, 3.05) is 32.8 Å². The van der Waals surface area contributed by atoms with Gasteiger partial charge in [-0.05, 0) is 44.1 Å². The monoisotopic (exact) mass is 277 g/mol. The Kier molecular flexibility index (Phi) is 6.98. The van der Waals surface area contributed by atoms with Gasteiger partial charge in [-0.3, -0.25) is 4.98 Å². The van der Waals surface area contributed by atoms with Gasteiger partial charge in [0, 0.05) is 19.3 Å². The molecule has 0 unspecified atom stereocenters. The Morgan fingerprint density at radius 1 is 1.25 bits per heavy atom. The summed E-state index contributed by atoms with van der Waals surface area (Å²) in [6.45, 7) is 8.94. The number of hydrogen-bond donors (Lipinski definition) is 1. The Morgan fingerprint density at radius 2 is 2.10 bits per heavy atom. The van der Waals surface area contributed by atoms with Crippen molar-refractivity contribution in [3.63, 3.8) is 0 Å². The molecule has 0 aromatic carbocycles. The van der Waals surface area contributed by atoms with E-state index in [4.69, 9.17) is 4.74 Å². The Labute approximate surface area is 122 Å². The largest absolute Gasteiger partial charge is 0.374 e. The lowest BCUT2D eigenvalue weighted by molar-refractivity contribution is 0.0845. The molecule has 1 aromatic rings. The lowest BCUT2D eigenvalue weighted by atomic mass is 10.1. The second kappa shape index (κ2) is 9.06. The van der Waals surface area contributed by atoms with Gasteiger partial charge in [-0.25, -0.2) is 0 Å². The van der Waals surface area contributed by atoms with E-state index in [-0.39, 0.29) is 0 Å².